The van der Waals surface area contributed by atoms with Crippen LogP contribution in [0.2, 0.25) is 0 Å². The van der Waals surface area contributed by atoms with Crippen LogP contribution < -0.4 is 10.6 Å². The van der Waals surface area contributed by atoms with E-state index in [2.05, 4.69) is 10.6 Å². The highest BCUT2D eigenvalue weighted by molar-refractivity contribution is 7.91. The monoisotopic (exact) mass is 323 g/mol. The van der Waals surface area contributed by atoms with Crippen molar-refractivity contribution in [2.45, 2.75) is 4.90 Å². The van der Waals surface area contributed by atoms with Crippen molar-refractivity contribution >= 4 is 15.7 Å². The number of sulfone groups is 1. The summed E-state index contributed by atoms with van der Waals surface area (Å²) in [5.74, 6) is 0.0957. The second-order valence-electron chi connectivity index (χ2n) is 4.40. The summed E-state index contributed by atoms with van der Waals surface area (Å²) in [7, 11) is -2.14. The van der Waals surface area contributed by atoms with Gasteiger partial charge in [0.2, 0.25) is 5.82 Å². The van der Waals surface area contributed by atoms with Crippen molar-refractivity contribution in [1.29, 1.82) is 0 Å². The Morgan fingerprint density at radius 3 is 2.68 bits per heavy atom. The van der Waals surface area contributed by atoms with E-state index in [1.165, 1.54) is 25.5 Å². The molecule has 0 saturated carbocycles. The highest BCUT2D eigenvalue weighted by atomic mass is 32.2. The molecule has 0 radical (unpaired) electrons. The van der Waals surface area contributed by atoms with Crippen LogP contribution in [0.4, 0.5) is 5.82 Å². The lowest BCUT2D eigenvalue weighted by molar-refractivity contribution is 0.0584. The van der Waals surface area contributed by atoms with Gasteiger partial charge in [-0.15, -0.1) is 0 Å². The van der Waals surface area contributed by atoms with Crippen LogP contribution >= 0.6 is 0 Å². The molecule has 9 heteroatoms. The first-order valence-corrected chi connectivity index (χ1v) is 7.95. The molecule has 2 aromatic rings. The first-order chi connectivity index (χ1) is 10.6. The molecular weight excluding hydrogens is 310 g/mol. The number of nitrogens with zero attached hydrogens (tertiary/aromatic N) is 2. The average molecular weight is 323 g/mol. The maximum absolute atomic E-state index is 12.4. The van der Waals surface area contributed by atoms with Gasteiger partial charge in [-0.3, -0.25) is 5.43 Å². The van der Waals surface area contributed by atoms with Crippen molar-refractivity contribution in [1.82, 2.24) is 10.6 Å². The molecule has 0 spiro atoms. The molecule has 0 bridgehead atoms. The van der Waals surface area contributed by atoms with Gasteiger partial charge in [0, 0.05) is 6.07 Å². The Bertz CT molecular complexity index is 771. The van der Waals surface area contributed by atoms with E-state index >= 15 is 0 Å². The van der Waals surface area contributed by atoms with Gasteiger partial charge >= 0.3 is 5.95 Å². The van der Waals surface area contributed by atoms with Gasteiger partial charge in [-0.05, 0) is 12.1 Å². The summed E-state index contributed by atoms with van der Waals surface area (Å²) in [5, 5.41) is 4.85. The van der Waals surface area contributed by atoms with Crippen molar-refractivity contribution in [3.05, 3.63) is 54.3 Å². The fourth-order valence-electron chi connectivity index (χ4n) is 1.90. The van der Waals surface area contributed by atoms with Crippen molar-refractivity contribution in [3.63, 3.8) is 0 Å². The third kappa shape index (κ3) is 2.70. The molecule has 0 amide bonds. The van der Waals surface area contributed by atoms with Gasteiger partial charge in [-0.1, -0.05) is 28.5 Å². The molecule has 1 aromatic heterocycles. The predicted molar refractivity (Wildman–Crippen MR) is 75.7 cm³/mol. The number of ether oxygens (including phenoxy) is 1. The quantitative estimate of drug-likeness (QED) is 0.878. The summed E-state index contributed by atoms with van der Waals surface area (Å²) in [6.45, 7) is 0. The normalized spacial score (nSPS) is 14.7. The Kier molecular flexibility index (Phi) is 3.63. The summed E-state index contributed by atoms with van der Waals surface area (Å²) in [5.41, 5.74) is 3.06. The number of methoxy groups -OCH3 is 1. The molecule has 0 unspecified atom stereocenters. The molecular formula is C13H13N3O5S. The number of rotatable bonds is 5. The Balaban J connectivity index is 1.82. The van der Waals surface area contributed by atoms with Crippen LogP contribution in [-0.4, -0.2) is 26.4 Å². The van der Waals surface area contributed by atoms with Crippen molar-refractivity contribution in [2.24, 2.45) is 0 Å². The lowest BCUT2D eigenvalue weighted by atomic mass is 10.4. The lowest BCUT2D eigenvalue weighted by Gasteiger charge is -2.13. The molecule has 2 heterocycles. The summed E-state index contributed by atoms with van der Waals surface area (Å²) >= 11 is 0. The largest absolute Gasteiger partial charge is 0.466 e. The maximum atomic E-state index is 12.4. The number of benzene rings is 1. The molecule has 1 aromatic carbocycles. The second kappa shape index (κ2) is 5.60. The van der Waals surface area contributed by atoms with Gasteiger partial charge in [0.05, 0.1) is 12.0 Å². The Hall–Kier alpha value is -2.68. The van der Waals surface area contributed by atoms with E-state index < -0.39 is 9.84 Å². The van der Waals surface area contributed by atoms with Crippen LogP contribution in [0.25, 0.3) is 0 Å². The predicted octanol–water partition coefficient (Wildman–Crippen LogP) is 1.22. The highest BCUT2D eigenvalue weighted by Gasteiger charge is 2.30. The summed E-state index contributed by atoms with van der Waals surface area (Å²) < 4.78 is 34.6. The zero-order chi connectivity index (χ0) is 15.6. The summed E-state index contributed by atoms with van der Waals surface area (Å²) in [6, 6.07) is 9.70. The van der Waals surface area contributed by atoms with E-state index in [-0.39, 0.29) is 22.3 Å². The fraction of sp³-hybridized carbons (Fsp3) is 0.154. The topological polar surface area (TPSA) is 93.9 Å². The minimum atomic E-state index is -3.53. The molecule has 3 rings (SSSR count). The van der Waals surface area contributed by atoms with Gasteiger partial charge in [0.25, 0.3) is 0 Å². The van der Waals surface area contributed by atoms with E-state index in [9.17, 15) is 8.42 Å². The first-order valence-electron chi connectivity index (χ1n) is 6.30. The SMILES string of the molecule is COC1=C(CS(=O)(=O)c2ccccc2)NN(c2ccon2)O1. The third-order valence-electron chi connectivity index (χ3n) is 2.91. The van der Waals surface area contributed by atoms with Crippen LogP contribution in [0.5, 0.6) is 0 Å². The smallest absolute Gasteiger partial charge is 0.331 e. The van der Waals surface area contributed by atoms with Gasteiger partial charge in [-0.25, -0.2) is 8.42 Å². The Morgan fingerprint density at radius 2 is 2.05 bits per heavy atom. The van der Waals surface area contributed by atoms with Crippen molar-refractivity contribution in [3.8, 4) is 0 Å². The van der Waals surface area contributed by atoms with Crippen LogP contribution in [0, 0.1) is 0 Å². The van der Waals surface area contributed by atoms with Gasteiger partial charge < -0.3 is 14.1 Å². The molecule has 0 aliphatic carbocycles. The molecule has 22 heavy (non-hydrogen) atoms. The van der Waals surface area contributed by atoms with Gasteiger partial charge in [-0.2, -0.15) is 0 Å². The number of nitrogens with one attached hydrogen (secondary N) is 1. The molecule has 116 valence electrons. The highest BCUT2D eigenvalue weighted by Crippen LogP contribution is 2.23. The van der Waals surface area contributed by atoms with Gasteiger partial charge in [0.1, 0.15) is 17.7 Å². The van der Waals surface area contributed by atoms with Crippen LogP contribution in [0.1, 0.15) is 0 Å². The maximum Gasteiger partial charge on any atom is 0.331 e. The van der Waals surface area contributed by atoms with Crippen molar-refractivity contribution in [2.75, 3.05) is 18.0 Å². The van der Waals surface area contributed by atoms with Gasteiger partial charge in [0.15, 0.2) is 9.84 Å². The summed E-state index contributed by atoms with van der Waals surface area (Å²) in [4.78, 5) is 5.56. The molecule has 0 saturated heterocycles. The number of hydrogen-bond donors (Lipinski definition) is 1. The van der Waals surface area contributed by atoms with E-state index in [4.69, 9.17) is 14.1 Å². The lowest BCUT2D eigenvalue weighted by Crippen LogP contribution is -2.32. The standard InChI is InChI=1S/C13H13N3O5S/c1-19-13-11(14-16(21-13)12-7-8-20-15-12)9-22(17,18)10-5-3-2-4-6-10/h2-8,14H,9H2,1H3. The van der Waals surface area contributed by atoms with Crippen LogP contribution in [-0.2, 0) is 19.4 Å². The first kappa shape index (κ1) is 14.3. The van der Waals surface area contributed by atoms with E-state index in [0.717, 1.165) is 5.17 Å². The molecule has 0 atom stereocenters. The second-order valence-corrected chi connectivity index (χ2v) is 6.39. The fourth-order valence-corrected chi connectivity index (χ4v) is 3.20. The number of aromatic nitrogens is 1. The molecule has 8 nitrogen and oxygen atoms in total. The zero-order valence-corrected chi connectivity index (χ0v) is 12.4. The zero-order valence-electron chi connectivity index (χ0n) is 11.6. The minimum Gasteiger partial charge on any atom is -0.466 e. The molecule has 1 aliphatic heterocycles. The van der Waals surface area contributed by atoms with Crippen molar-refractivity contribution < 1.29 is 22.5 Å². The molecule has 0 fully saturated rings. The number of hydrogen-bond acceptors (Lipinski definition) is 8. The van der Waals surface area contributed by atoms with E-state index in [1.807, 2.05) is 0 Å². The molecule has 1 N–H and O–H groups in total. The summed E-state index contributed by atoms with van der Waals surface area (Å²) in [6.07, 6.45) is 1.37. The minimum absolute atomic E-state index is 0.0579. The molecule has 1 aliphatic rings. The number of hydrazine groups is 1. The van der Waals surface area contributed by atoms with Crippen LogP contribution in [0.3, 0.4) is 0 Å². The van der Waals surface area contributed by atoms with E-state index in [0.29, 0.717) is 5.82 Å². The Morgan fingerprint density at radius 1 is 1.27 bits per heavy atom. The van der Waals surface area contributed by atoms with E-state index in [1.54, 1.807) is 24.3 Å². The van der Waals surface area contributed by atoms with Crippen LogP contribution in [0.15, 0.2) is 63.7 Å². The number of anilines is 1. The third-order valence-corrected chi connectivity index (χ3v) is 4.57. The average Bonchev–Trinajstić information content (AvgIpc) is 3.17. The Labute approximate surface area is 126 Å².